The predicted molar refractivity (Wildman–Crippen MR) is 103 cm³/mol. The van der Waals surface area contributed by atoms with Gasteiger partial charge in [-0.05, 0) is 33.1 Å². The van der Waals surface area contributed by atoms with Gasteiger partial charge in [-0.25, -0.2) is 0 Å². The molecule has 2 aliphatic rings. The summed E-state index contributed by atoms with van der Waals surface area (Å²) >= 11 is 0. The zero-order valence-corrected chi connectivity index (χ0v) is 16.5. The normalized spacial score (nSPS) is 22.2. The minimum atomic E-state index is 0.264. The van der Waals surface area contributed by atoms with Crippen LogP contribution in [0.1, 0.15) is 52.4 Å². The zero-order chi connectivity index (χ0) is 18.0. The van der Waals surface area contributed by atoms with E-state index in [1.165, 1.54) is 32.1 Å². The van der Waals surface area contributed by atoms with E-state index in [1.807, 2.05) is 7.05 Å². The Morgan fingerprint density at radius 1 is 1.16 bits per heavy atom. The van der Waals surface area contributed by atoms with E-state index in [0.717, 1.165) is 58.4 Å². The van der Waals surface area contributed by atoms with E-state index >= 15 is 0 Å². The van der Waals surface area contributed by atoms with E-state index < -0.39 is 0 Å². The van der Waals surface area contributed by atoms with Gasteiger partial charge in [0, 0.05) is 45.4 Å². The van der Waals surface area contributed by atoms with Crippen molar-refractivity contribution in [2.24, 2.45) is 4.99 Å². The highest BCUT2D eigenvalue weighted by molar-refractivity contribution is 5.79. The van der Waals surface area contributed by atoms with Crippen LogP contribution in [0.15, 0.2) is 4.99 Å². The number of morpholine rings is 1. The lowest BCUT2D eigenvalue weighted by Crippen LogP contribution is -2.60. The summed E-state index contributed by atoms with van der Waals surface area (Å²) in [5.41, 5.74) is 0.264. The van der Waals surface area contributed by atoms with Gasteiger partial charge < -0.3 is 20.1 Å². The van der Waals surface area contributed by atoms with E-state index in [-0.39, 0.29) is 5.54 Å². The first-order chi connectivity index (χ1) is 12.2. The molecule has 2 fully saturated rings. The molecule has 0 unspecified atom stereocenters. The molecule has 0 aromatic rings. The first-order valence-corrected chi connectivity index (χ1v) is 10.1. The number of rotatable bonds is 8. The quantitative estimate of drug-likeness (QED) is 0.397. The topological polar surface area (TPSA) is 58.1 Å². The zero-order valence-electron chi connectivity index (χ0n) is 16.5. The molecule has 0 aromatic carbocycles. The number of hydrogen-bond acceptors (Lipinski definition) is 4. The number of nitrogens with zero attached hydrogens (tertiary/aromatic N) is 2. The van der Waals surface area contributed by atoms with Crippen LogP contribution in [-0.2, 0) is 9.47 Å². The molecule has 1 heterocycles. The van der Waals surface area contributed by atoms with E-state index in [0.29, 0.717) is 6.10 Å². The van der Waals surface area contributed by atoms with Crippen LogP contribution in [0.25, 0.3) is 0 Å². The maximum absolute atomic E-state index is 5.59. The fourth-order valence-corrected chi connectivity index (χ4v) is 3.92. The van der Waals surface area contributed by atoms with Crippen LogP contribution >= 0.6 is 0 Å². The average Bonchev–Trinajstić information content (AvgIpc) is 2.65. The van der Waals surface area contributed by atoms with Crippen molar-refractivity contribution in [1.82, 2.24) is 15.5 Å². The largest absolute Gasteiger partial charge is 0.379 e. The van der Waals surface area contributed by atoms with Crippen molar-refractivity contribution < 1.29 is 9.47 Å². The van der Waals surface area contributed by atoms with E-state index in [1.54, 1.807) is 0 Å². The lowest BCUT2D eigenvalue weighted by molar-refractivity contribution is -0.0352. The minimum Gasteiger partial charge on any atom is -0.379 e. The molecule has 0 bridgehead atoms. The molecule has 1 aliphatic carbocycles. The lowest BCUT2D eigenvalue weighted by Gasteiger charge is -2.48. The third kappa shape index (κ3) is 6.76. The molecule has 2 N–H and O–H groups in total. The van der Waals surface area contributed by atoms with Crippen molar-refractivity contribution >= 4 is 5.96 Å². The monoisotopic (exact) mass is 354 g/mol. The van der Waals surface area contributed by atoms with Crippen LogP contribution in [-0.4, -0.2) is 75.5 Å². The minimum absolute atomic E-state index is 0.264. The summed E-state index contributed by atoms with van der Waals surface area (Å²) in [4.78, 5) is 7.05. The van der Waals surface area contributed by atoms with Crippen molar-refractivity contribution in [3.05, 3.63) is 0 Å². The lowest BCUT2D eigenvalue weighted by atomic mass is 9.80. The SMILES string of the molecule is CN=C(NCCCOC(C)C)NCC1(N2CCOCC2)CCCCC1. The highest BCUT2D eigenvalue weighted by Crippen LogP contribution is 2.33. The molecule has 0 atom stereocenters. The summed E-state index contributed by atoms with van der Waals surface area (Å²) in [5, 5.41) is 7.01. The Labute approximate surface area is 153 Å². The second kappa shape index (κ2) is 11.0. The maximum Gasteiger partial charge on any atom is 0.191 e. The Morgan fingerprint density at radius 3 is 2.52 bits per heavy atom. The van der Waals surface area contributed by atoms with Gasteiger partial charge in [-0.1, -0.05) is 19.3 Å². The molecule has 6 nitrogen and oxygen atoms in total. The fourth-order valence-electron chi connectivity index (χ4n) is 3.92. The van der Waals surface area contributed by atoms with Crippen LogP contribution in [0.3, 0.4) is 0 Å². The third-order valence-electron chi connectivity index (χ3n) is 5.34. The smallest absolute Gasteiger partial charge is 0.191 e. The number of guanidine groups is 1. The maximum atomic E-state index is 5.59. The van der Waals surface area contributed by atoms with Crippen molar-refractivity contribution in [3.63, 3.8) is 0 Å². The summed E-state index contributed by atoms with van der Waals surface area (Å²) < 4.78 is 11.2. The second-order valence-electron chi connectivity index (χ2n) is 7.51. The number of aliphatic imine (C=N–C) groups is 1. The van der Waals surface area contributed by atoms with Gasteiger partial charge >= 0.3 is 0 Å². The molecular weight excluding hydrogens is 316 g/mol. The highest BCUT2D eigenvalue weighted by atomic mass is 16.5. The van der Waals surface area contributed by atoms with Crippen LogP contribution < -0.4 is 10.6 Å². The van der Waals surface area contributed by atoms with Crippen molar-refractivity contribution in [2.45, 2.75) is 64.0 Å². The molecule has 0 aromatic heterocycles. The van der Waals surface area contributed by atoms with Gasteiger partial charge in [0.1, 0.15) is 0 Å². The van der Waals surface area contributed by atoms with Crippen molar-refractivity contribution in [3.8, 4) is 0 Å². The Kier molecular flexibility index (Phi) is 8.99. The predicted octanol–water partition coefficient (Wildman–Crippen LogP) is 2.00. The van der Waals surface area contributed by atoms with Gasteiger partial charge in [0.15, 0.2) is 5.96 Å². The summed E-state index contributed by atoms with van der Waals surface area (Å²) in [6, 6.07) is 0. The van der Waals surface area contributed by atoms with Gasteiger partial charge in [0.05, 0.1) is 19.3 Å². The molecule has 1 saturated carbocycles. The summed E-state index contributed by atoms with van der Waals surface area (Å²) in [6.45, 7) is 10.6. The van der Waals surface area contributed by atoms with Crippen LogP contribution in [0.2, 0.25) is 0 Å². The third-order valence-corrected chi connectivity index (χ3v) is 5.34. The summed E-state index contributed by atoms with van der Waals surface area (Å²) in [7, 11) is 1.85. The van der Waals surface area contributed by atoms with Crippen LogP contribution in [0.5, 0.6) is 0 Å². The molecular formula is C19H38N4O2. The Balaban J connectivity index is 1.79. The van der Waals surface area contributed by atoms with Gasteiger partial charge in [0.25, 0.3) is 0 Å². The highest BCUT2D eigenvalue weighted by Gasteiger charge is 2.38. The molecule has 25 heavy (non-hydrogen) atoms. The van der Waals surface area contributed by atoms with Crippen molar-refractivity contribution in [1.29, 1.82) is 0 Å². The molecule has 2 rings (SSSR count). The molecule has 0 radical (unpaired) electrons. The Bertz CT molecular complexity index is 389. The van der Waals surface area contributed by atoms with Gasteiger partial charge in [-0.15, -0.1) is 0 Å². The van der Waals surface area contributed by atoms with E-state index in [2.05, 4.69) is 34.4 Å². The molecule has 0 spiro atoms. The molecule has 0 amide bonds. The molecule has 1 aliphatic heterocycles. The van der Waals surface area contributed by atoms with Gasteiger partial charge in [-0.3, -0.25) is 9.89 Å². The molecule has 6 heteroatoms. The number of hydrogen-bond donors (Lipinski definition) is 2. The van der Waals surface area contributed by atoms with Gasteiger partial charge in [0.2, 0.25) is 0 Å². The van der Waals surface area contributed by atoms with Crippen LogP contribution in [0.4, 0.5) is 0 Å². The second-order valence-corrected chi connectivity index (χ2v) is 7.51. The number of ether oxygens (including phenoxy) is 2. The number of nitrogens with one attached hydrogen (secondary N) is 2. The first-order valence-electron chi connectivity index (χ1n) is 10.1. The first kappa shape index (κ1) is 20.5. The fraction of sp³-hybridized carbons (Fsp3) is 0.947. The van der Waals surface area contributed by atoms with Crippen LogP contribution in [0, 0.1) is 0 Å². The Morgan fingerprint density at radius 2 is 1.88 bits per heavy atom. The molecule has 146 valence electrons. The Hall–Kier alpha value is -0.850. The van der Waals surface area contributed by atoms with Crippen molar-refractivity contribution in [2.75, 3.05) is 53.0 Å². The average molecular weight is 355 g/mol. The summed E-state index contributed by atoms with van der Waals surface area (Å²) in [6.07, 6.45) is 7.88. The van der Waals surface area contributed by atoms with E-state index in [9.17, 15) is 0 Å². The summed E-state index contributed by atoms with van der Waals surface area (Å²) in [5.74, 6) is 0.905. The molecule has 1 saturated heterocycles. The standard InChI is InChI=1S/C19H38N4O2/c1-17(2)25-13-7-10-21-18(20-3)22-16-19(8-5-4-6-9-19)23-11-14-24-15-12-23/h17H,4-16H2,1-3H3,(H2,20,21,22). The van der Waals surface area contributed by atoms with Gasteiger partial charge in [-0.2, -0.15) is 0 Å². The van der Waals surface area contributed by atoms with E-state index in [4.69, 9.17) is 9.47 Å².